The number of halogens is 2. The summed E-state index contributed by atoms with van der Waals surface area (Å²) < 4.78 is 58.9. The number of ether oxygens (including phenoxy) is 1. The second-order valence-corrected chi connectivity index (χ2v) is 13.5. The van der Waals surface area contributed by atoms with E-state index < -0.39 is 28.0 Å². The fraction of sp³-hybridized carbons (Fsp3) is 0.615. The first-order valence-corrected chi connectivity index (χ1v) is 14.7. The highest BCUT2D eigenvalue weighted by atomic mass is 32.2. The Bertz CT molecular complexity index is 1290. The quantitative estimate of drug-likeness (QED) is 0.552. The van der Waals surface area contributed by atoms with Crippen LogP contribution in [0, 0.1) is 0 Å². The van der Waals surface area contributed by atoms with Crippen LogP contribution < -0.4 is 4.90 Å². The molecule has 1 saturated heterocycles. The van der Waals surface area contributed by atoms with Crippen molar-refractivity contribution < 1.29 is 26.7 Å². The summed E-state index contributed by atoms with van der Waals surface area (Å²) in [6, 6.07) is 4.74. The van der Waals surface area contributed by atoms with E-state index in [4.69, 9.17) is 9.84 Å². The first-order chi connectivity index (χ1) is 17.4. The van der Waals surface area contributed by atoms with Crippen LogP contribution in [-0.2, 0) is 34.0 Å². The number of nitrogens with zero attached hydrogens (tertiary/aromatic N) is 4. The van der Waals surface area contributed by atoms with E-state index in [1.54, 1.807) is 17.0 Å². The van der Waals surface area contributed by atoms with Crippen molar-refractivity contribution in [3.63, 3.8) is 0 Å². The van der Waals surface area contributed by atoms with Gasteiger partial charge in [0.1, 0.15) is 15.4 Å². The van der Waals surface area contributed by atoms with Crippen LogP contribution in [0.5, 0.6) is 0 Å². The molecule has 11 heteroatoms. The number of carbonyl (C=O) groups excluding carboxylic acids is 1. The minimum atomic E-state index is -3.04. The molecule has 202 valence electrons. The predicted molar refractivity (Wildman–Crippen MR) is 136 cm³/mol. The van der Waals surface area contributed by atoms with Gasteiger partial charge in [0.2, 0.25) is 0 Å². The molecule has 1 aromatic heterocycles. The molecule has 2 aromatic rings. The highest BCUT2D eigenvalue weighted by Gasteiger charge is 2.36. The maximum atomic E-state index is 13.6. The number of amides is 1. The Morgan fingerprint density at radius 1 is 1.14 bits per heavy atom. The molecule has 37 heavy (non-hydrogen) atoms. The van der Waals surface area contributed by atoms with Gasteiger partial charge in [-0.05, 0) is 58.1 Å². The lowest BCUT2D eigenvalue weighted by molar-refractivity contribution is 0.0222. The van der Waals surface area contributed by atoms with Gasteiger partial charge in [-0.2, -0.15) is 5.10 Å². The first kappa shape index (κ1) is 25.9. The average Bonchev–Trinajstić information content (AvgIpc) is 3.21. The summed E-state index contributed by atoms with van der Waals surface area (Å²) in [5.74, 6) is 0.899. The Morgan fingerprint density at radius 3 is 2.54 bits per heavy atom. The minimum Gasteiger partial charge on any atom is -0.444 e. The second kappa shape index (κ2) is 9.56. The molecule has 3 aliphatic rings. The molecule has 1 amide bonds. The zero-order valence-corrected chi connectivity index (χ0v) is 22.4. The van der Waals surface area contributed by atoms with Crippen molar-refractivity contribution >= 4 is 27.4 Å². The van der Waals surface area contributed by atoms with Crippen LogP contribution in [0.4, 0.5) is 25.1 Å². The number of anilines is 2. The molecule has 0 atom stereocenters. The van der Waals surface area contributed by atoms with Crippen molar-refractivity contribution in [1.82, 2.24) is 14.7 Å². The molecular weight excluding hydrogens is 502 g/mol. The summed E-state index contributed by atoms with van der Waals surface area (Å²) in [6.07, 6.45) is 0.188. The Kier molecular flexibility index (Phi) is 6.70. The molecular formula is C26H34F2N4O4S. The zero-order chi connectivity index (χ0) is 26.5. The fourth-order valence-electron chi connectivity index (χ4n) is 5.50. The van der Waals surface area contributed by atoms with Crippen LogP contribution in [-0.4, -0.2) is 59.4 Å². The topological polar surface area (TPSA) is 84.7 Å². The summed E-state index contributed by atoms with van der Waals surface area (Å²) in [5.41, 5.74) is 2.90. The van der Waals surface area contributed by atoms with E-state index in [-0.39, 0.29) is 23.1 Å². The third-order valence-corrected chi connectivity index (χ3v) is 9.04. The highest BCUT2D eigenvalue weighted by Crippen LogP contribution is 2.41. The maximum absolute atomic E-state index is 13.6. The molecule has 4 heterocycles. The number of alkyl halides is 2. The van der Waals surface area contributed by atoms with Gasteiger partial charge in [0.25, 0.3) is 6.43 Å². The van der Waals surface area contributed by atoms with E-state index in [9.17, 15) is 22.0 Å². The lowest BCUT2D eigenvalue weighted by Gasteiger charge is -2.33. The minimum absolute atomic E-state index is 0.0354. The Hall–Kier alpha value is -2.69. The van der Waals surface area contributed by atoms with Crippen LogP contribution in [0.1, 0.15) is 74.9 Å². The third-order valence-electron chi connectivity index (χ3n) is 7.32. The van der Waals surface area contributed by atoms with Crippen molar-refractivity contribution in [2.45, 2.75) is 77.5 Å². The number of carbonyl (C=O) groups is 1. The first-order valence-electron chi connectivity index (χ1n) is 12.9. The smallest absolute Gasteiger partial charge is 0.410 e. The van der Waals surface area contributed by atoms with Crippen LogP contribution in [0.15, 0.2) is 18.2 Å². The second-order valence-electron chi connectivity index (χ2n) is 11.2. The Labute approximate surface area is 216 Å². The van der Waals surface area contributed by atoms with Crippen LogP contribution in [0.3, 0.4) is 0 Å². The monoisotopic (exact) mass is 536 g/mol. The highest BCUT2D eigenvalue weighted by molar-refractivity contribution is 7.91. The van der Waals surface area contributed by atoms with Crippen molar-refractivity contribution in [2.24, 2.45) is 0 Å². The lowest BCUT2D eigenvalue weighted by atomic mass is 9.98. The predicted octanol–water partition coefficient (Wildman–Crippen LogP) is 4.95. The molecule has 1 aromatic carbocycles. The van der Waals surface area contributed by atoms with Crippen LogP contribution >= 0.6 is 0 Å². The van der Waals surface area contributed by atoms with Gasteiger partial charge in [-0.15, -0.1) is 0 Å². The number of hydrogen-bond donors (Lipinski definition) is 0. The number of benzene rings is 1. The molecule has 0 aliphatic carbocycles. The van der Waals surface area contributed by atoms with E-state index in [0.29, 0.717) is 44.7 Å². The van der Waals surface area contributed by atoms with Gasteiger partial charge in [-0.1, -0.05) is 12.1 Å². The summed E-state index contributed by atoms with van der Waals surface area (Å²) in [5, 5.41) is 5.01. The standard InChI is InChI=1S/C26H34F2N4O4S/c1-26(2,3)36-25(33)30-12-8-21-20(16-30)24(29-32(21)19-9-13-37(34,35)14-10-19)31-11-4-5-17-6-7-18(23(27)28)15-22(17)31/h6-7,15,19,23H,4-5,8-14,16H2,1-3H3. The van der Waals surface area contributed by atoms with Gasteiger partial charge >= 0.3 is 6.09 Å². The molecule has 0 saturated carbocycles. The normalized spacial score (nSPS) is 20.1. The average molecular weight is 537 g/mol. The molecule has 5 rings (SSSR count). The maximum Gasteiger partial charge on any atom is 0.410 e. The van der Waals surface area contributed by atoms with Crippen molar-refractivity contribution in [3.05, 3.63) is 40.6 Å². The van der Waals surface area contributed by atoms with E-state index in [1.807, 2.05) is 30.4 Å². The molecule has 1 fully saturated rings. The number of fused-ring (bicyclic) bond motifs is 2. The summed E-state index contributed by atoms with van der Waals surface area (Å²) in [6.45, 7) is 6.86. The SMILES string of the molecule is CC(C)(C)OC(=O)N1CCc2c(c(N3CCCc4ccc(C(F)F)cc43)nn2C2CCS(=O)(=O)CC2)C1. The largest absolute Gasteiger partial charge is 0.444 e. The number of aryl methyl sites for hydroxylation is 1. The number of sulfone groups is 1. The fourth-order valence-corrected chi connectivity index (χ4v) is 6.97. The number of rotatable bonds is 3. The molecule has 0 unspecified atom stereocenters. The van der Waals surface area contributed by atoms with Gasteiger partial charge in [0, 0.05) is 42.0 Å². The molecule has 0 N–H and O–H groups in total. The molecule has 0 spiro atoms. The molecule has 0 bridgehead atoms. The van der Waals surface area contributed by atoms with E-state index in [1.165, 1.54) is 6.07 Å². The summed E-state index contributed by atoms with van der Waals surface area (Å²) in [4.78, 5) is 16.6. The van der Waals surface area contributed by atoms with Crippen molar-refractivity contribution in [2.75, 3.05) is 29.5 Å². The summed E-state index contributed by atoms with van der Waals surface area (Å²) in [7, 11) is -3.04. The van der Waals surface area contributed by atoms with E-state index in [2.05, 4.69) is 0 Å². The van der Waals surface area contributed by atoms with E-state index in [0.717, 1.165) is 35.3 Å². The van der Waals surface area contributed by atoms with Crippen LogP contribution in [0.25, 0.3) is 0 Å². The molecule has 0 radical (unpaired) electrons. The molecule has 3 aliphatic heterocycles. The third kappa shape index (κ3) is 5.32. The zero-order valence-electron chi connectivity index (χ0n) is 21.5. The van der Waals surface area contributed by atoms with Gasteiger partial charge < -0.3 is 14.5 Å². The number of aromatic nitrogens is 2. The summed E-state index contributed by atoms with van der Waals surface area (Å²) >= 11 is 0. The van der Waals surface area contributed by atoms with Gasteiger partial charge in [-0.25, -0.2) is 22.0 Å². The molecule has 8 nitrogen and oxygen atoms in total. The van der Waals surface area contributed by atoms with Crippen molar-refractivity contribution in [3.8, 4) is 0 Å². The van der Waals surface area contributed by atoms with Gasteiger partial charge in [0.05, 0.1) is 24.1 Å². The lowest BCUT2D eigenvalue weighted by Crippen LogP contribution is -2.40. The Morgan fingerprint density at radius 2 is 1.86 bits per heavy atom. The van der Waals surface area contributed by atoms with Crippen LogP contribution in [0.2, 0.25) is 0 Å². The van der Waals surface area contributed by atoms with Gasteiger partial charge in [-0.3, -0.25) is 4.68 Å². The number of hydrogen-bond acceptors (Lipinski definition) is 6. The van der Waals surface area contributed by atoms with Gasteiger partial charge in [0.15, 0.2) is 5.82 Å². The van der Waals surface area contributed by atoms with Crippen molar-refractivity contribution in [1.29, 1.82) is 0 Å². The Balaban J connectivity index is 1.56. The van der Waals surface area contributed by atoms with E-state index >= 15 is 0 Å².